The molecule has 1 atom stereocenters. The molecule has 7 heteroatoms. The van der Waals surface area contributed by atoms with Gasteiger partial charge in [-0.2, -0.15) is 0 Å². The standard InChI is InChI=1S/C20H26N4O3/c1-20(2)9-16(22-18(26)13-5-8-27-12-13)15-11-21-19(23-17(15)10-20)24-6-3-14(25)4-7-24/h5,8,11-12,14,16,25H,3-4,6-7,9-10H2,1-2H3,(H,22,26). The Morgan fingerprint density at radius 2 is 2.15 bits per heavy atom. The molecule has 144 valence electrons. The van der Waals surface area contributed by atoms with E-state index in [9.17, 15) is 9.90 Å². The maximum Gasteiger partial charge on any atom is 0.255 e. The summed E-state index contributed by atoms with van der Waals surface area (Å²) in [5.41, 5.74) is 2.54. The molecule has 0 spiro atoms. The third kappa shape index (κ3) is 3.83. The molecule has 2 aliphatic rings. The Morgan fingerprint density at radius 1 is 1.37 bits per heavy atom. The van der Waals surface area contributed by atoms with Crippen molar-refractivity contribution in [2.75, 3.05) is 18.0 Å². The quantitative estimate of drug-likeness (QED) is 0.862. The lowest BCUT2D eigenvalue weighted by Gasteiger charge is -2.37. The van der Waals surface area contributed by atoms with Crippen molar-refractivity contribution in [1.82, 2.24) is 15.3 Å². The molecule has 27 heavy (non-hydrogen) atoms. The largest absolute Gasteiger partial charge is 0.472 e. The second kappa shape index (κ2) is 6.96. The molecule has 1 fully saturated rings. The van der Waals surface area contributed by atoms with Crippen molar-refractivity contribution in [1.29, 1.82) is 0 Å². The highest BCUT2D eigenvalue weighted by atomic mass is 16.3. The first-order valence-corrected chi connectivity index (χ1v) is 9.53. The summed E-state index contributed by atoms with van der Waals surface area (Å²) in [7, 11) is 0. The Kier molecular flexibility index (Phi) is 4.63. The van der Waals surface area contributed by atoms with Crippen LogP contribution in [0.5, 0.6) is 0 Å². The van der Waals surface area contributed by atoms with Crippen LogP contribution in [0.25, 0.3) is 0 Å². The first-order chi connectivity index (χ1) is 12.9. The molecule has 1 aliphatic carbocycles. The normalized spacial score (nSPS) is 22.3. The number of carbonyl (C=O) groups excluding carboxylic acids is 1. The Bertz CT molecular complexity index is 811. The van der Waals surface area contributed by atoms with Crippen LogP contribution < -0.4 is 10.2 Å². The minimum atomic E-state index is -0.222. The van der Waals surface area contributed by atoms with Gasteiger partial charge >= 0.3 is 0 Å². The minimum absolute atomic E-state index is 0.0328. The first kappa shape index (κ1) is 18.0. The van der Waals surface area contributed by atoms with Crippen LogP contribution in [-0.4, -0.2) is 40.2 Å². The van der Waals surface area contributed by atoms with E-state index in [2.05, 4.69) is 29.0 Å². The van der Waals surface area contributed by atoms with E-state index in [4.69, 9.17) is 9.40 Å². The smallest absolute Gasteiger partial charge is 0.255 e. The van der Waals surface area contributed by atoms with Crippen molar-refractivity contribution in [3.8, 4) is 0 Å². The highest BCUT2D eigenvalue weighted by molar-refractivity contribution is 5.94. The van der Waals surface area contributed by atoms with Gasteiger partial charge in [0.2, 0.25) is 5.95 Å². The summed E-state index contributed by atoms with van der Waals surface area (Å²) >= 11 is 0. The van der Waals surface area contributed by atoms with Gasteiger partial charge in [-0.05, 0) is 37.2 Å². The van der Waals surface area contributed by atoms with E-state index in [0.29, 0.717) is 5.56 Å². The van der Waals surface area contributed by atoms with E-state index in [-0.39, 0.29) is 23.5 Å². The number of hydrogen-bond acceptors (Lipinski definition) is 6. The zero-order chi connectivity index (χ0) is 19.0. The van der Waals surface area contributed by atoms with Crippen LogP contribution in [0.15, 0.2) is 29.2 Å². The Morgan fingerprint density at radius 3 is 2.85 bits per heavy atom. The van der Waals surface area contributed by atoms with Gasteiger partial charge in [-0.1, -0.05) is 13.8 Å². The molecule has 1 unspecified atom stereocenters. The second-order valence-electron chi connectivity index (χ2n) is 8.37. The lowest BCUT2D eigenvalue weighted by molar-refractivity contribution is 0.0918. The highest BCUT2D eigenvalue weighted by Gasteiger charge is 2.35. The van der Waals surface area contributed by atoms with E-state index in [1.54, 1.807) is 6.07 Å². The lowest BCUT2D eigenvalue weighted by atomic mass is 9.74. The molecule has 4 rings (SSSR count). The number of nitrogens with one attached hydrogen (secondary N) is 1. The Hall–Kier alpha value is -2.41. The first-order valence-electron chi connectivity index (χ1n) is 9.53. The van der Waals surface area contributed by atoms with E-state index in [0.717, 1.165) is 56.0 Å². The van der Waals surface area contributed by atoms with Crippen molar-refractivity contribution >= 4 is 11.9 Å². The maximum absolute atomic E-state index is 12.5. The van der Waals surface area contributed by atoms with E-state index in [1.807, 2.05) is 6.20 Å². The minimum Gasteiger partial charge on any atom is -0.472 e. The molecule has 3 heterocycles. The molecule has 1 amide bonds. The molecule has 2 N–H and O–H groups in total. The van der Waals surface area contributed by atoms with Gasteiger partial charge in [0.15, 0.2) is 0 Å². The van der Waals surface area contributed by atoms with Crippen LogP contribution in [0.2, 0.25) is 0 Å². The van der Waals surface area contributed by atoms with Gasteiger partial charge < -0.3 is 19.7 Å². The third-order valence-electron chi connectivity index (χ3n) is 5.50. The van der Waals surface area contributed by atoms with Crippen molar-refractivity contribution in [3.05, 3.63) is 41.6 Å². The lowest BCUT2D eigenvalue weighted by Crippen LogP contribution is -2.39. The van der Waals surface area contributed by atoms with Crippen LogP contribution >= 0.6 is 0 Å². The van der Waals surface area contributed by atoms with Gasteiger partial charge in [-0.3, -0.25) is 4.79 Å². The number of anilines is 1. The molecule has 0 bridgehead atoms. The second-order valence-corrected chi connectivity index (χ2v) is 8.37. The summed E-state index contributed by atoms with van der Waals surface area (Å²) in [6, 6.07) is 1.54. The number of rotatable bonds is 3. The highest BCUT2D eigenvalue weighted by Crippen LogP contribution is 2.40. The average Bonchev–Trinajstić information content (AvgIpc) is 3.15. The summed E-state index contributed by atoms with van der Waals surface area (Å²) in [6.07, 6.45) is 7.77. The van der Waals surface area contributed by atoms with Gasteiger partial charge in [0.1, 0.15) is 6.26 Å². The molecule has 2 aromatic heterocycles. The van der Waals surface area contributed by atoms with Crippen LogP contribution in [0, 0.1) is 5.41 Å². The number of piperidine rings is 1. The molecule has 0 saturated carbocycles. The van der Waals surface area contributed by atoms with Crippen molar-refractivity contribution < 1.29 is 14.3 Å². The fourth-order valence-corrected chi connectivity index (χ4v) is 4.02. The average molecular weight is 370 g/mol. The number of carbonyl (C=O) groups is 1. The number of amides is 1. The number of aromatic nitrogens is 2. The third-order valence-corrected chi connectivity index (χ3v) is 5.50. The summed E-state index contributed by atoms with van der Waals surface area (Å²) in [5, 5.41) is 12.8. The van der Waals surface area contributed by atoms with Crippen LogP contribution in [-0.2, 0) is 6.42 Å². The van der Waals surface area contributed by atoms with Crippen LogP contribution in [0.3, 0.4) is 0 Å². The predicted molar refractivity (Wildman–Crippen MR) is 101 cm³/mol. The number of furan rings is 1. The zero-order valence-electron chi connectivity index (χ0n) is 15.8. The molecular formula is C20H26N4O3. The van der Waals surface area contributed by atoms with Gasteiger partial charge in [0.25, 0.3) is 5.91 Å². The van der Waals surface area contributed by atoms with E-state index in [1.165, 1.54) is 12.5 Å². The number of nitrogens with zero attached hydrogens (tertiary/aromatic N) is 3. The van der Waals surface area contributed by atoms with Crippen molar-refractivity contribution in [3.63, 3.8) is 0 Å². The Labute approximate surface area is 158 Å². The molecule has 7 nitrogen and oxygen atoms in total. The van der Waals surface area contributed by atoms with Crippen LogP contribution in [0.4, 0.5) is 5.95 Å². The molecule has 0 aromatic carbocycles. The molecular weight excluding hydrogens is 344 g/mol. The van der Waals surface area contributed by atoms with E-state index < -0.39 is 0 Å². The van der Waals surface area contributed by atoms with Gasteiger partial charge in [-0.15, -0.1) is 0 Å². The maximum atomic E-state index is 12.5. The molecule has 1 aliphatic heterocycles. The number of hydrogen-bond donors (Lipinski definition) is 2. The topological polar surface area (TPSA) is 91.5 Å². The zero-order valence-corrected chi connectivity index (χ0v) is 15.8. The number of fused-ring (bicyclic) bond motifs is 1. The van der Waals surface area contributed by atoms with Gasteiger partial charge in [0, 0.05) is 24.8 Å². The Balaban J connectivity index is 1.58. The summed E-state index contributed by atoms with van der Waals surface area (Å²) in [5.74, 6) is 0.574. The summed E-state index contributed by atoms with van der Waals surface area (Å²) in [6.45, 7) is 5.94. The van der Waals surface area contributed by atoms with Crippen molar-refractivity contribution in [2.24, 2.45) is 5.41 Å². The van der Waals surface area contributed by atoms with Gasteiger partial charge in [0.05, 0.1) is 29.7 Å². The molecule has 1 saturated heterocycles. The fraction of sp³-hybridized carbons (Fsp3) is 0.550. The van der Waals surface area contributed by atoms with E-state index >= 15 is 0 Å². The van der Waals surface area contributed by atoms with Gasteiger partial charge in [-0.25, -0.2) is 9.97 Å². The van der Waals surface area contributed by atoms with Crippen molar-refractivity contribution in [2.45, 2.75) is 51.7 Å². The summed E-state index contributed by atoms with van der Waals surface area (Å²) in [4.78, 5) is 24.0. The number of aliphatic hydroxyl groups is 1. The predicted octanol–water partition coefficient (Wildman–Crippen LogP) is 2.47. The van der Waals surface area contributed by atoms with Crippen LogP contribution in [0.1, 0.15) is 60.8 Å². The molecule has 0 radical (unpaired) electrons. The summed E-state index contributed by atoms with van der Waals surface area (Å²) < 4.78 is 5.02. The fourth-order valence-electron chi connectivity index (χ4n) is 4.02. The molecule has 2 aromatic rings. The monoisotopic (exact) mass is 370 g/mol. The SMILES string of the molecule is CC1(C)Cc2nc(N3CCC(O)CC3)ncc2C(NC(=O)c2ccoc2)C1. The number of aliphatic hydroxyl groups excluding tert-OH is 1.